The number of sulfone groups is 1. The molecule has 1 aromatic carbocycles. The summed E-state index contributed by atoms with van der Waals surface area (Å²) in [5.41, 5.74) is 0.563. The van der Waals surface area contributed by atoms with Crippen molar-refractivity contribution in [3.05, 3.63) is 24.3 Å². The van der Waals surface area contributed by atoms with Crippen molar-refractivity contribution >= 4 is 21.5 Å². The molecule has 0 aliphatic rings. The van der Waals surface area contributed by atoms with Crippen molar-refractivity contribution in [2.75, 3.05) is 11.6 Å². The van der Waals surface area contributed by atoms with E-state index < -0.39 is 15.8 Å². The van der Waals surface area contributed by atoms with E-state index in [0.717, 1.165) is 0 Å². The maximum atomic E-state index is 11.6. The van der Waals surface area contributed by atoms with Crippen molar-refractivity contribution in [1.82, 2.24) is 0 Å². The minimum atomic E-state index is -3.27. The molecule has 0 heterocycles. The molecule has 6 heteroatoms. The number of carbonyl (C=O) groups is 1. The maximum Gasteiger partial charge on any atom is 0.303 e. The van der Waals surface area contributed by atoms with Gasteiger partial charge in [-0.2, -0.15) is 0 Å². The fourth-order valence-electron chi connectivity index (χ4n) is 1.81. The molecule has 0 saturated heterocycles. The van der Waals surface area contributed by atoms with Gasteiger partial charge in [-0.15, -0.1) is 0 Å². The molecule has 106 valence electrons. The topological polar surface area (TPSA) is 83.5 Å². The molecule has 0 radical (unpaired) electrons. The normalized spacial score (nSPS) is 12.9. The molecule has 0 spiro atoms. The molecule has 1 unspecified atom stereocenters. The number of anilines is 1. The minimum Gasteiger partial charge on any atom is -0.481 e. The second-order valence-corrected chi connectivity index (χ2v) is 6.58. The number of para-hydroxylation sites is 1. The van der Waals surface area contributed by atoms with E-state index in [1.165, 1.54) is 6.26 Å². The Morgan fingerprint density at radius 3 is 2.58 bits per heavy atom. The molecule has 1 atom stereocenters. The number of hydrogen-bond acceptors (Lipinski definition) is 4. The third-order valence-electron chi connectivity index (χ3n) is 2.72. The zero-order chi connectivity index (χ0) is 14.5. The molecule has 0 fully saturated rings. The molecule has 5 nitrogen and oxygen atoms in total. The van der Waals surface area contributed by atoms with Gasteiger partial charge in [-0.1, -0.05) is 12.1 Å². The smallest absolute Gasteiger partial charge is 0.303 e. The van der Waals surface area contributed by atoms with Crippen LogP contribution in [0.1, 0.15) is 26.2 Å². The molecule has 2 N–H and O–H groups in total. The largest absolute Gasteiger partial charge is 0.481 e. The molecule has 0 aliphatic heterocycles. The number of hydrogen-bond donors (Lipinski definition) is 2. The van der Waals surface area contributed by atoms with Gasteiger partial charge in [0.2, 0.25) is 0 Å². The predicted molar refractivity (Wildman–Crippen MR) is 74.1 cm³/mol. The number of rotatable bonds is 7. The van der Waals surface area contributed by atoms with Crippen LogP contribution in [-0.4, -0.2) is 31.8 Å². The van der Waals surface area contributed by atoms with E-state index in [9.17, 15) is 13.2 Å². The molecular formula is C13H19NO4S. The van der Waals surface area contributed by atoms with Crippen LogP contribution in [0.2, 0.25) is 0 Å². The van der Waals surface area contributed by atoms with E-state index >= 15 is 0 Å². The quantitative estimate of drug-likeness (QED) is 0.802. The first-order chi connectivity index (χ1) is 8.80. The lowest BCUT2D eigenvalue weighted by atomic mass is 10.1. The molecule has 0 amide bonds. The molecular weight excluding hydrogens is 266 g/mol. The maximum absolute atomic E-state index is 11.6. The average Bonchev–Trinajstić information content (AvgIpc) is 2.27. The molecule has 19 heavy (non-hydrogen) atoms. The van der Waals surface area contributed by atoms with Gasteiger partial charge in [0.05, 0.1) is 10.6 Å². The van der Waals surface area contributed by atoms with E-state index in [4.69, 9.17) is 5.11 Å². The van der Waals surface area contributed by atoms with Gasteiger partial charge < -0.3 is 10.4 Å². The van der Waals surface area contributed by atoms with Crippen LogP contribution in [0.3, 0.4) is 0 Å². The Balaban J connectivity index is 2.69. The fourth-order valence-corrected chi connectivity index (χ4v) is 2.66. The molecule has 0 saturated carbocycles. The fraction of sp³-hybridized carbons (Fsp3) is 0.462. The first-order valence-electron chi connectivity index (χ1n) is 6.08. The van der Waals surface area contributed by atoms with Crippen LogP contribution in [0.15, 0.2) is 29.2 Å². The lowest BCUT2D eigenvalue weighted by Crippen LogP contribution is -2.17. The van der Waals surface area contributed by atoms with Crippen LogP contribution in [0.5, 0.6) is 0 Å². The van der Waals surface area contributed by atoms with Crippen molar-refractivity contribution in [2.24, 2.45) is 0 Å². The van der Waals surface area contributed by atoms with Gasteiger partial charge in [0.15, 0.2) is 9.84 Å². The molecule has 0 aromatic heterocycles. The zero-order valence-electron chi connectivity index (χ0n) is 11.1. The van der Waals surface area contributed by atoms with Gasteiger partial charge in [0.25, 0.3) is 0 Å². The van der Waals surface area contributed by atoms with Crippen LogP contribution >= 0.6 is 0 Å². The zero-order valence-corrected chi connectivity index (χ0v) is 11.9. The Bertz CT molecular complexity index is 539. The van der Waals surface area contributed by atoms with Gasteiger partial charge in [-0.25, -0.2) is 8.42 Å². The van der Waals surface area contributed by atoms with Gasteiger partial charge >= 0.3 is 5.97 Å². The van der Waals surface area contributed by atoms with Crippen LogP contribution in [-0.2, 0) is 14.6 Å². The van der Waals surface area contributed by atoms with Crippen LogP contribution < -0.4 is 5.32 Å². The van der Waals surface area contributed by atoms with Crippen LogP contribution in [0.25, 0.3) is 0 Å². The Morgan fingerprint density at radius 2 is 2.00 bits per heavy atom. The van der Waals surface area contributed by atoms with E-state index in [2.05, 4.69) is 5.32 Å². The Labute approximate surface area is 113 Å². The van der Waals surface area contributed by atoms with Gasteiger partial charge in [0, 0.05) is 18.7 Å². The number of benzene rings is 1. The summed E-state index contributed by atoms with van der Waals surface area (Å²) in [7, 11) is -3.27. The molecule has 1 rings (SSSR count). The number of carboxylic acid groups (broad SMARTS) is 1. The summed E-state index contributed by atoms with van der Waals surface area (Å²) in [6.07, 6.45) is 2.53. The SMILES string of the molecule is CC(CCCC(=O)O)Nc1ccccc1S(C)(=O)=O. The second-order valence-electron chi connectivity index (χ2n) is 4.60. The minimum absolute atomic E-state index is 0.0160. The number of carboxylic acids is 1. The van der Waals surface area contributed by atoms with Gasteiger partial charge in [-0.05, 0) is 31.9 Å². The standard InChI is InChI=1S/C13H19NO4S/c1-10(6-5-9-13(15)16)14-11-7-3-4-8-12(11)19(2,17)18/h3-4,7-8,10,14H,5-6,9H2,1-2H3,(H,15,16). The summed E-state index contributed by atoms with van der Waals surface area (Å²) in [5, 5.41) is 11.7. The van der Waals surface area contributed by atoms with E-state index in [-0.39, 0.29) is 17.4 Å². The van der Waals surface area contributed by atoms with E-state index in [1.807, 2.05) is 6.92 Å². The summed E-state index contributed by atoms with van der Waals surface area (Å²) in [6, 6.07) is 6.73. The van der Waals surface area contributed by atoms with Crippen molar-refractivity contribution in [2.45, 2.75) is 37.1 Å². The average molecular weight is 285 g/mol. The summed E-state index contributed by atoms with van der Waals surface area (Å²) in [6.45, 7) is 1.90. The number of nitrogens with one attached hydrogen (secondary N) is 1. The summed E-state index contributed by atoms with van der Waals surface area (Å²) in [5.74, 6) is -0.816. The lowest BCUT2D eigenvalue weighted by molar-refractivity contribution is -0.137. The Hall–Kier alpha value is -1.56. The third-order valence-corrected chi connectivity index (χ3v) is 3.87. The third kappa shape index (κ3) is 5.30. The van der Waals surface area contributed by atoms with Crippen LogP contribution in [0.4, 0.5) is 5.69 Å². The first kappa shape index (κ1) is 15.5. The molecule has 0 aliphatic carbocycles. The molecule has 0 bridgehead atoms. The highest BCUT2D eigenvalue weighted by Gasteiger charge is 2.14. The van der Waals surface area contributed by atoms with Crippen molar-refractivity contribution in [1.29, 1.82) is 0 Å². The number of aliphatic carboxylic acids is 1. The van der Waals surface area contributed by atoms with Gasteiger partial charge in [-0.3, -0.25) is 4.79 Å². The summed E-state index contributed by atoms with van der Waals surface area (Å²) < 4.78 is 23.2. The highest BCUT2D eigenvalue weighted by molar-refractivity contribution is 7.90. The highest BCUT2D eigenvalue weighted by Crippen LogP contribution is 2.22. The van der Waals surface area contributed by atoms with Crippen molar-refractivity contribution < 1.29 is 18.3 Å². The highest BCUT2D eigenvalue weighted by atomic mass is 32.2. The second kappa shape index (κ2) is 6.56. The van der Waals surface area contributed by atoms with Crippen molar-refractivity contribution in [3.63, 3.8) is 0 Å². The predicted octanol–water partition coefficient (Wildman–Crippen LogP) is 2.15. The summed E-state index contributed by atoms with van der Waals surface area (Å²) in [4.78, 5) is 10.7. The van der Waals surface area contributed by atoms with Crippen molar-refractivity contribution in [3.8, 4) is 0 Å². The Kier molecular flexibility index (Phi) is 5.35. The summed E-state index contributed by atoms with van der Waals surface area (Å²) >= 11 is 0. The van der Waals surface area contributed by atoms with E-state index in [1.54, 1.807) is 24.3 Å². The molecule has 1 aromatic rings. The van der Waals surface area contributed by atoms with Crippen LogP contribution in [0, 0.1) is 0 Å². The van der Waals surface area contributed by atoms with Gasteiger partial charge in [0.1, 0.15) is 0 Å². The Morgan fingerprint density at radius 1 is 1.37 bits per heavy atom. The monoisotopic (exact) mass is 285 g/mol. The lowest BCUT2D eigenvalue weighted by Gasteiger charge is -2.17. The van der Waals surface area contributed by atoms with E-state index in [0.29, 0.717) is 18.5 Å². The first-order valence-corrected chi connectivity index (χ1v) is 7.97.